The van der Waals surface area contributed by atoms with Gasteiger partial charge in [0.1, 0.15) is 18.4 Å². The number of hydrogen-bond acceptors (Lipinski definition) is 13. The van der Waals surface area contributed by atoms with E-state index in [1.165, 1.54) is 25.8 Å². The number of hydrogen-bond donors (Lipinski definition) is 1. The zero-order chi connectivity index (χ0) is 32.6. The van der Waals surface area contributed by atoms with Crippen LogP contribution >= 0.6 is 11.8 Å². The first-order chi connectivity index (χ1) is 22.1. The number of phenolic OH excluding ortho intramolecular Hbond substituents is 1. The molecule has 1 N–H and O–H groups in total. The number of thioether (sulfide) groups is 1. The van der Waals surface area contributed by atoms with Crippen LogP contribution in [-0.2, 0) is 25.5 Å². The second-order valence-corrected chi connectivity index (χ2v) is 13.2. The van der Waals surface area contributed by atoms with Gasteiger partial charge in [-0.3, -0.25) is 19.4 Å². The van der Waals surface area contributed by atoms with E-state index in [0.717, 1.165) is 11.1 Å². The molecule has 0 amide bonds. The lowest BCUT2D eigenvalue weighted by Gasteiger charge is -2.62. The van der Waals surface area contributed by atoms with Crippen LogP contribution in [0.3, 0.4) is 0 Å². The molecule has 7 rings (SSSR count). The van der Waals surface area contributed by atoms with Crippen LogP contribution in [0.4, 0.5) is 0 Å². The summed E-state index contributed by atoms with van der Waals surface area (Å²) in [4.78, 5) is 42.6. The number of aryl methyl sites for hydroxylation is 1. The number of rotatable bonds is 4. The van der Waals surface area contributed by atoms with E-state index in [-0.39, 0.29) is 36.7 Å². The maximum atomic E-state index is 13.0. The third-order valence-electron chi connectivity index (χ3n) is 9.70. The van der Waals surface area contributed by atoms with Crippen molar-refractivity contribution < 1.29 is 43.2 Å². The highest BCUT2D eigenvalue weighted by Gasteiger charge is 2.61. The molecule has 6 atom stereocenters. The number of ether oxygens (including phenoxy) is 5. The molecule has 2 aromatic carbocycles. The van der Waals surface area contributed by atoms with E-state index >= 15 is 0 Å². The average molecular weight is 648 g/mol. The van der Waals surface area contributed by atoms with E-state index in [9.17, 15) is 24.8 Å². The van der Waals surface area contributed by atoms with E-state index in [2.05, 4.69) is 22.4 Å². The molecule has 0 aliphatic carbocycles. The van der Waals surface area contributed by atoms with Crippen LogP contribution in [0.1, 0.15) is 57.6 Å². The number of ketones is 1. The number of phenols is 1. The average Bonchev–Trinajstić information content (AvgIpc) is 3.51. The summed E-state index contributed by atoms with van der Waals surface area (Å²) in [7, 11) is 1.51. The molecule has 2 saturated heterocycles. The molecule has 5 aliphatic rings. The Morgan fingerprint density at radius 1 is 1.20 bits per heavy atom. The molecule has 5 heterocycles. The minimum atomic E-state index is -0.957. The standard InChI is InChI=1S/C33H33N3O9S/c1-6-7-35-18-9-17-8-14(2)28(41-5)27(39)22(17)25(35)26-32-24-23(31-30(43-13-44-31)15(3)29(24)45-16(4)37)20(36(26)19(18)10-34)11-42-33(40)21(38)12-46-32/h6,8,18-20,25-26,32,39H,1,7,9,11-13H2,2-5H3/t18?,19-,20-,25+,26?,32+/m0/s1. The van der Waals surface area contributed by atoms with Crippen LogP contribution in [0, 0.1) is 25.2 Å². The van der Waals surface area contributed by atoms with Crippen LogP contribution in [0.25, 0.3) is 0 Å². The molecule has 2 fully saturated rings. The maximum Gasteiger partial charge on any atom is 0.375 e. The fraction of sp³-hybridized carbons (Fsp3) is 0.455. The van der Waals surface area contributed by atoms with Gasteiger partial charge in [0.25, 0.3) is 0 Å². The molecule has 4 bridgehead atoms. The molecular weight excluding hydrogens is 614 g/mol. The lowest BCUT2D eigenvalue weighted by Crippen LogP contribution is -2.70. The summed E-state index contributed by atoms with van der Waals surface area (Å²) >= 11 is 1.21. The minimum absolute atomic E-state index is 0.00754. The van der Waals surface area contributed by atoms with Crippen LogP contribution in [0.15, 0.2) is 18.7 Å². The van der Waals surface area contributed by atoms with Crippen LogP contribution < -0.4 is 18.9 Å². The highest BCUT2D eigenvalue weighted by Crippen LogP contribution is 2.64. The van der Waals surface area contributed by atoms with Gasteiger partial charge < -0.3 is 28.8 Å². The van der Waals surface area contributed by atoms with Crippen LogP contribution in [0.5, 0.6) is 28.7 Å². The smallest absolute Gasteiger partial charge is 0.375 e. The summed E-state index contributed by atoms with van der Waals surface area (Å²) in [6.45, 7) is 9.04. The molecule has 240 valence electrons. The number of Topliss-reactive ketones (excluding diaryl/α,β-unsaturated/α-hetero) is 1. The van der Waals surface area contributed by atoms with Gasteiger partial charge in [-0.25, -0.2) is 4.79 Å². The third kappa shape index (κ3) is 4.23. The quantitative estimate of drug-likeness (QED) is 0.224. The molecule has 46 heavy (non-hydrogen) atoms. The van der Waals surface area contributed by atoms with Crippen molar-refractivity contribution in [3.8, 4) is 34.8 Å². The molecule has 5 aliphatic heterocycles. The molecule has 0 saturated carbocycles. The second-order valence-electron chi connectivity index (χ2n) is 12.1. The van der Waals surface area contributed by atoms with Gasteiger partial charge in [0.15, 0.2) is 23.0 Å². The number of fused-ring (bicyclic) bond motifs is 9. The number of carbonyl (C=O) groups is 3. The molecule has 2 aromatic rings. The molecular formula is C33H33N3O9S. The topological polar surface area (TPSA) is 148 Å². The SMILES string of the molecule is C=CCN1C2Cc3cc(C)c(OC)c(O)c3[C@@H]1C1[C@@H]3SCC(=O)C(=O)OC[C@@H](c4c5c(c(C)c(OC(C)=O)c43)OCO5)N1[C@H]2C#N. The predicted molar refractivity (Wildman–Crippen MR) is 164 cm³/mol. The summed E-state index contributed by atoms with van der Waals surface area (Å²) in [6.07, 6.45) is 2.23. The summed E-state index contributed by atoms with van der Waals surface area (Å²) in [5.74, 6) is -0.956. The van der Waals surface area contributed by atoms with Gasteiger partial charge in [-0.2, -0.15) is 5.26 Å². The first-order valence-corrected chi connectivity index (χ1v) is 16.1. The zero-order valence-electron chi connectivity index (χ0n) is 25.8. The third-order valence-corrected chi connectivity index (χ3v) is 11.0. The Labute approximate surface area is 269 Å². The minimum Gasteiger partial charge on any atom is -0.504 e. The summed E-state index contributed by atoms with van der Waals surface area (Å²) in [5, 5.41) is 22.1. The Hall–Kier alpha value is -4.25. The van der Waals surface area contributed by atoms with Gasteiger partial charge in [0.05, 0.1) is 36.3 Å². The molecule has 0 radical (unpaired) electrons. The van der Waals surface area contributed by atoms with Crippen molar-refractivity contribution in [3.05, 3.63) is 52.1 Å². The van der Waals surface area contributed by atoms with Crippen molar-refractivity contribution in [2.75, 3.05) is 32.8 Å². The van der Waals surface area contributed by atoms with E-state index < -0.39 is 47.1 Å². The number of carbonyl (C=O) groups excluding carboxylic acids is 3. The van der Waals surface area contributed by atoms with Crippen molar-refractivity contribution >= 4 is 29.5 Å². The summed E-state index contributed by atoms with van der Waals surface area (Å²) in [6, 6.07) is 1.62. The fourth-order valence-corrected chi connectivity index (χ4v) is 9.48. The van der Waals surface area contributed by atoms with Gasteiger partial charge in [0, 0.05) is 47.8 Å². The Morgan fingerprint density at radius 3 is 2.65 bits per heavy atom. The lowest BCUT2D eigenvalue weighted by molar-refractivity contribution is -0.157. The summed E-state index contributed by atoms with van der Waals surface area (Å²) in [5.41, 5.74) is 4.08. The molecule has 12 nitrogen and oxygen atoms in total. The van der Waals surface area contributed by atoms with E-state index in [4.69, 9.17) is 23.7 Å². The largest absolute Gasteiger partial charge is 0.504 e. The van der Waals surface area contributed by atoms with Crippen molar-refractivity contribution in [1.82, 2.24) is 9.80 Å². The molecule has 0 aromatic heterocycles. The van der Waals surface area contributed by atoms with Crippen molar-refractivity contribution in [2.45, 2.75) is 62.7 Å². The number of esters is 2. The van der Waals surface area contributed by atoms with Gasteiger partial charge in [0.2, 0.25) is 12.6 Å². The molecule has 13 heteroatoms. The molecule has 2 unspecified atom stereocenters. The van der Waals surface area contributed by atoms with Gasteiger partial charge >= 0.3 is 11.9 Å². The predicted octanol–water partition coefficient (Wildman–Crippen LogP) is 3.36. The Morgan fingerprint density at radius 2 is 1.96 bits per heavy atom. The van der Waals surface area contributed by atoms with Crippen molar-refractivity contribution in [1.29, 1.82) is 5.26 Å². The Kier molecular flexibility index (Phi) is 7.42. The van der Waals surface area contributed by atoms with Gasteiger partial charge in [-0.05, 0) is 31.4 Å². The number of nitrogens with zero attached hydrogens (tertiary/aromatic N) is 3. The Balaban J connectivity index is 1.58. The first-order valence-electron chi connectivity index (χ1n) is 15.0. The van der Waals surface area contributed by atoms with Gasteiger partial charge in [-0.15, -0.1) is 18.3 Å². The van der Waals surface area contributed by atoms with Crippen molar-refractivity contribution in [2.24, 2.45) is 0 Å². The normalized spacial score (nSPS) is 27.9. The number of benzene rings is 2. The van der Waals surface area contributed by atoms with E-state index in [0.29, 0.717) is 52.5 Å². The summed E-state index contributed by atoms with van der Waals surface area (Å²) < 4.78 is 29.2. The van der Waals surface area contributed by atoms with E-state index in [1.807, 2.05) is 13.0 Å². The maximum absolute atomic E-state index is 13.0. The number of aromatic hydroxyl groups is 1. The second kappa shape index (κ2) is 11.2. The zero-order valence-corrected chi connectivity index (χ0v) is 26.6. The lowest BCUT2D eigenvalue weighted by atomic mass is 9.71. The van der Waals surface area contributed by atoms with Crippen LogP contribution in [-0.4, -0.2) is 83.6 Å². The van der Waals surface area contributed by atoms with Gasteiger partial charge in [-0.1, -0.05) is 12.1 Å². The number of methoxy groups -OCH3 is 1. The number of nitriles is 1. The fourth-order valence-electron chi connectivity index (χ4n) is 8.14. The number of cyclic esters (lactones) is 1. The van der Waals surface area contributed by atoms with Crippen LogP contribution in [0.2, 0.25) is 0 Å². The molecule has 0 spiro atoms. The van der Waals surface area contributed by atoms with E-state index in [1.54, 1.807) is 13.0 Å². The highest BCUT2D eigenvalue weighted by molar-refractivity contribution is 8.00. The monoisotopic (exact) mass is 647 g/mol. The Bertz CT molecular complexity index is 1750. The first kappa shape index (κ1) is 30.4. The number of piperazine rings is 1. The van der Waals surface area contributed by atoms with Crippen molar-refractivity contribution in [3.63, 3.8) is 0 Å². The highest BCUT2D eigenvalue weighted by atomic mass is 32.2.